The van der Waals surface area contributed by atoms with Crippen LogP contribution in [0.4, 0.5) is 18.0 Å². The topological polar surface area (TPSA) is 38.3 Å². The number of hydrogen-bond acceptors (Lipinski definition) is 2. The molecule has 3 nitrogen and oxygen atoms in total. The van der Waals surface area contributed by atoms with Crippen molar-refractivity contribution in [1.82, 2.24) is 5.32 Å². The summed E-state index contributed by atoms with van der Waals surface area (Å²) in [6, 6.07) is 4.33. The number of hydrogen-bond donors (Lipinski definition) is 1. The molecule has 1 fully saturated rings. The van der Waals surface area contributed by atoms with Crippen LogP contribution in [0, 0.1) is 0 Å². The molecule has 0 radical (unpaired) electrons. The van der Waals surface area contributed by atoms with E-state index >= 15 is 0 Å². The second kappa shape index (κ2) is 3.70. The van der Waals surface area contributed by atoms with E-state index in [2.05, 4.69) is 10.1 Å². The molecule has 0 aliphatic carbocycles. The fourth-order valence-electron chi connectivity index (χ4n) is 1.50. The summed E-state index contributed by atoms with van der Waals surface area (Å²) in [5, 5.41) is 2.42. The van der Waals surface area contributed by atoms with E-state index in [1.807, 2.05) is 0 Å². The third-order valence-electron chi connectivity index (χ3n) is 2.29. The maximum Gasteiger partial charge on any atom is 0.416 e. The van der Waals surface area contributed by atoms with E-state index in [1.165, 1.54) is 12.1 Å². The van der Waals surface area contributed by atoms with Gasteiger partial charge in [0, 0.05) is 0 Å². The van der Waals surface area contributed by atoms with Crippen LogP contribution in [0.1, 0.15) is 17.2 Å². The zero-order valence-corrected chi connectivity index (χ0v) is 8.04. The van der Waals surface area contributed by atoms with Gasteiger partial charge in [-0.15, -0.1) is 0 Å². The van der Waals surface area contributed by atoms with Gasteiger partial charge in [-0.25, -0.2) is 4.79 Å². The lowest BCUT2D eigenvalue weighted by atomic mass is 10.0. The molecule has 0 spiro atoms. The summed E-state index contributed by atoms with van der Waals surface area (Å²) < 4.78 is 41.9. The average Bonchev–Trinajstić information content (AvgIpc) is 2.64. The second-order valence-corrected chi connectivity index (χ2v) is 3.42. The average molecular weight is 231 g/mol. The molecule has 16 heavy (non-hydrogen) atoms. The molecule has 0 saturated carbocycles. The monoisotopic (exact) mass is 231 g/mol. The van der Waals surface area contributed by atoms with Crippen molar-refractivity contribution in [3.05, 3.63) is 35.4 Å². The summed E-state index contributed by atoms with van der Waals surface area (Å²) >= 11 is 0. The number of rotatable bonds is 1. The van der Waals surface area contributed by atoms with E-state index in [0.717, 1.165) is 12.1 Å². The molecule has 1 aliphatic rings. The Morgan fingerprint density at radius 2 is 2.12 bits per heavy atom. The molecule has 1 aromatic rings. The standard InChI is InChI=1S/C10H8F3NO2/c11-10(12,13)7-3-1-2-6(4-7)8-5-16-9(15)14-8/h1-4,8H,5H2,(H,14,15)/t8-/m0/s1. The zero-order chi connectivity index (χ0) is 11.8. The summed E-state index contributed by atoms with van der Waals surface area (Å²) in [5.41, 5.74) is -0.341. The predicted octanol–water partition coefficient (Wildman–Crippen LogP) is 2.49. The first kappa shape index (κ1) is 10.8. The van der Waals surface area contributed by atoms with Gasteiger partial charge in [-0.3, -0.25) is 0 Å². The van der Waals surface area contributed by atoms with Crippen LogP contribution in [-0.2, 0) is 10.9 Å². The van der Waals surface area contributed by atoms with Crippen molar-refractivity contribution in [2.75, 3.05) is 6.61 Å². The van der Waals surface area contributed by atoms with Gasteiger partial charge in [-0.2, -0.15) is 13.2 Å². The Kier molecular flexibility index (Phi) is 2.49. The quantitative estimate of drug-likeness (QED) is 0.806. The third-order valence-corrected chi connectivity index (χ3v) is 2.29. The molecule has 1 aromatic carbocycles. The van der Waals surface area contributed by atoms with Crippen LogP contribution in [0.25, 0.3) is 0 Å². The summed E-state index contributed by atoms with van der Waals surface area (Å²) in [6.07, 6.45) is -4.98. The second-order valence-electron chi connectivity index (χ2n) is 3.42. The molecular weight excluding hydrogens is 223 g/mol. The first-order valence-electron chi connectivity index (χ1n) is 4.57. The lowest BCUT2D eigenvalue weighted by Gasteiger charge is -2.11. The number of cyclic esters (lactones) is 1. The van der Waals surface area contributed by atoms with Gasteiger partial charge in [0.2, 0.25) is 0 Å². The van der Waals surface area contributed by atoms with Crippen LogP contribution in [0.5, 0.6) is 0 Å². The number of carbonyl (C=O) groups is 1. The highest BCUT2D eigenvalue weighted by atomic mass is 19.4. The van der Waals surface area contributed by atoms with Crippen molar-refractivity contribution in [3.8, 4) is 0 Å². The number of nitrogens with one attached hydrogen (secondary N) is 1. The molecule has 1 N–H and O–H groups in total. The number of alkyl carbamates (subject to hydrolysis) is 1. The minimum Gasteiger partial charge on any atom is -0.447 e. The van der Waals surface area contributed by atoms with E-state index in [4.69, 9.17) is 0 Å². The van der Waals surface area contributed by atoms with Gasteiger partial charge in [0.05, 0.1) is 11.6 Å². The number of alkyl halides is 3. The SMILES string of the molecule is O=C1N[C@H](c2cccc(C(F)(F)F)c2)CO1. The molecule has 1 atom stereocenters. The number of amides is 1. The van der Waals surface area contributed by atoms with Crippen LogP contribution in [0.3, 0.4) is 0 Å². The van der Waals surface area contributed by atoms with Gasteiger partial charge in [-0.05, 0) is 17.7 Å². The Bertz CT molecular complexity index is 417. The van der Waals surface area contributed by atoms with Crippen molar-refractivity contribution in [2.45, 2.75) is 12.2 Å². The van der Waals surface area contributed by atoms with Crippen LogP contribution in [0.15, 0.2) is 24.3 Å². The van der Waals surface area contributed by atoms with Crippen molar-refractivity contribution in [2.24, 2.45) is 0 Å². The van der Waals surface area contributed by atoms with Crippen LogP contribution in [-0.4, -0.2) is 12.7 Å². The van der Waals surface area contributed by atoms with Gasteiger partial charge >= 0.3 is 12.3 Å². The van der Waals surface area contributed by atoms with E-state index < -0.39 is 23.9 Å². The summed E-state index contributed by atoms with van der Waals surface area (Å²) in [5.74, 6) is 0. The Labute approximate surface area is 89.2 Å². The highest BCUT2D eigenvalue weighted by Crippen LogP contribution is 2.31. The molecule has 86 valence electrons. The molecule has 6 heteroatoms. The number of carbonyl (C=O) groups excluding carboxylic acids is 1. The Balaban J connectivity index is 2.26. The molecule has 2 rings (SSSR count). The maximum absolute atomic E-state index is 12.4. The Morgan fingerprint density at radius 3 is 2.69 bits per heavy atom. The smallest absolute Gasteiger partial charge is 0.416 e. The van der Waals surface area contributed by atoms with Crippen molar-refractivity contribution >= 4 is 6.09 Å². The molecular formula is C10H8F3NO2. The van der Waals surface area contributed by atoms with Gasteiger partial charge in [-0.1, -0.05) is 12.1 Å². The van der Waals surface area contributed by atoms with E-state index in [0.29, 0.717) is 5.56 Å². The minimum atomic E-state index is -4.38. The van der Waals surface area contributed by atoms with E-state index in [-0.39, 0.29) is 6.61 Å². The zero-order valence-electron chi connectivity index (χ0n) is 8.04. The van der Waals surface area contributed by atoms with Crippen molar-refractivity contribution in [3.63, 3.8) is 0 Å². The van der Waals surface area contributed by atoms with Crippen molar-refractivity contribution < 1.29 is 22.7 Å². The fourth-order valence-corrected chi connectivity index (χ4v) is 1.50. The van der Waals surface area contributed by atoms with Crippen LogP contribution < -0.4 is 5.32 Å². The highest BCUT2D eigenvalue weighted by molar-refractivity contribution is 5.70. The first-order chi connectivity index (χ1) is 7.47. The lowest BCUT2D eigenvalue weighted by molar-refractivity contribution is -0.137. The van der Waals surface area contributed by atoms with Gasteiger partial charge in [0.25, 0.3) is 0 Å². The van der Waals surface area contributed by atoms with Gasteiger partial charge in [0.15, 0.2) is 0 Å². The molecule has 0 aromatic heterocycles. The highest BCUT2D eigenvalue weighted by Gasteiger charge is 2.32. The molecule has 1 heterocycles. The van der Waals surface area contributed by atoms with Gasteiger partial charge in [0.1, 0.15) is 6.61 Å². The molecule has 0 unspecified atom stereocenters. The first-order valence-corrected chi connectivity index (χ1v) is 4.57. The van der Waals surface area contributed by atoms with E-state index in [9.17, 15) is 18.0 Å². The van der Waals surface area contributed by atoms with Crippen LogP contribution >= 0.6 is 0 Å². The maximum atomic E-state index is 12.4. The Morgan fingerprint density at radius 1 is 1.38 bits per heavy atom. The fraction of sp³-hybridized carbons (Fsp3) is 0.300. The van der Waals surface area contributed by atoms with E-state index in [1.54, 1.807) is 0 Å². The third kappa shape index (κ3) is 2.10. The van der Waals surface area contributed by atoms with Crippen LogP contribution in [0.2, 0.25) is 0 Å². The molecule has 1 saturated heterocycles. The predicted molar refractivity (Wildman–Crippen MR) is 48.7 cm³/mol. The molecule has 0 bridgehead atoms. The number of halogens is 3. The molecule has 1 amide bonds. The van der Waals surface area contributed by atoms with Gasteiger partial charge < -0.3 is 10.1 Å². The minimum absolute atomic E-state index is 0.0557. The lowest BCUT2D eigenvalue weighted by Crippen LogP contribution is -2.18. The summed E-state index contributed by atoms with van der Waals surface area (Å²) in [6.45, 7) is 0.0557. The Hall–Kier alpha value is -1.72. The largest absolute Gasteiger partial charge is 0.447 e. The van der Waals surface area contributed by atoms with Crippen molar-refractivity contribution in [1.29, 1.82) is 0 Å². The summed E-state index contributed by atoms with van der Waals surface area (Å²) in [4.78, 5) is 10.8. The summed E-state index contributed by atoms with van der Waals surface area (Å²) in [7, 11) is 0. The number of ether oxygens (including phenoxy) is 1. The normalized spacial score (nSPS) is 20.4. The molecule has 1 aliphatic heterocycles. The number of benzene rings is 1.